The van der Waals surface area contributed by atoms with E-state index in [0.717, 1.165) is 5.56 Å². The Bertz CT molecular complexity index is 1420. The molecule has 0 aromatic heterocycles. The highest BCUT2D eigenvalue weighted by molar-refractivity contribution is 6.51. The maximum absolute atomic E-state index is 13.6. The number of carbonyl (C=O) groups is 2. The summed E-state index contributed by atoms with van der Waals surface area (Å²) < 4.78 is 17.5. The first kappa shape index (κ1) is 28.7. The molecular formula is C33H37NO6. The van der Waals surface area contributed by atoms with Crippen molar-refractivity contribution in [1.29, 1.82) is 0 Å². The SMILES string of the molecule is CCOc1cccc(N2C(=O)C(=O)/C(=C(/O)c3ccc(OCC(C)C)c(C)c3)C2c2cccc(OC(C)C)c2)c1. The lowest BCUT2D eigenvalue weighted by molar-refractivity contribution is -0.132. The summed E-state index contributed by atoms with van der Waals surface area (Å²) in [6, 6.07) is 18.7. The predicted octanol–water partition coefficient (Wildman–Crippen LogP) is 6.84. The van der Waals surface area contributed by atoms with Gasteiger partial charge in [0.15, 0.2) is 0 Å². The zero-order valence-corrected chi connectivity index (χ0v) is 23.9. The lowest BCUT2D eigenvalue weighted by Gasteiger charge is -2.26. The molecule has 1 aliphatic rings. The molecule has 7 heteroatoms. The molecule has 0 bridgehead atoms. The summed E-state index contributed by atoms with van der Waals surface area (Å²) in [6.45, 7) is 12.8. The van der Waals surface area contributed by atoms with Gasteiger partial charge >= 0.3 is 0 Å². The van der Waals surface area contributed by atoms with Crippen molar-refractivity contribution in [2.75, 3.05) is 18.1 Å². The van der Waals surface area contributed by atoms with E-state index >= 15 is 0 Å². The smallest absolute Gasteiger partial charge is 0.300 e. The van der Waals surface area contributed by atoms with E-state index in [1.165, 1.54) is 4.90 Å². The molecule has 7 nitrogen and oxygen atoms in total. The highest BCUT2D eigenvalue weighted by Crippen LogP contribution is 2.43. The van der Waals surface area contributed by atoms with Crippen LogP contribution in [0.2, 0.25) is 0 Å². The minimum atomic E-state index is -0.884. The van der Waals surface area contributed by atoms with Crippen LogP contribution >= 0.6 is 0 Å². The van der Waals surface area contributed by atoms with Crippen molar-refractivity contribution in [3.63, 3.8) is 0 Å². The van der Waals surface area contributed by atoms with Gasteiger partial charge in [-0.05, 0) is 87.2 Å². The quantitative estimate of drug-likeness (QED) is 0.171. The van der Waals surface area contributed by atoms with Gasteiger partial charge in [0.1, 0.15) is 23.0 Å². The number of aryl methyl sites for hydroxylation is 1. The van der Waals surface area contributed by atoms with Gasteiger partial charge in [-0.25, -0.2) is 0 Å². The van der Waals surface area contributed by atoms with Crippen LogP contribution < -0.4 is 19.1 Å². The summed E-state index contributed by atoms with van der Waals surface area (Å²) in [6.07, 6.45) is -0.0658. The van der Waals surface area contributed by atoms with Crippen molar-refractivity contribution in [2.24, 2.45) is 5.92 Å². The first-order valence-electron chi connectivity index (χ1n) is 13.6. The summed E-state index contributed by atoms with van der Waals surface area (Å²) in [5.41, 5.74) is 2.36. The summed E-state index contributed by atoms with van der Waals surface area (Å²) >= 11 is 0. The number of hydrogen-bond acceptors (Lipinski definition) is 6. The highest BCUT2D eigenvalue weighted by atomic mass is 16.5. The van der Waals surface area contributed by atoms with E-state index < -0.39 is 17.7 Å². The number of aliphatic hydroxyl groups is 1. The molecule has 1 aliphatic heterocycles. The third kappa shape index (κ3) is 6.14. The Kier molecular flexibility index (Phi) is 8.83. The highest BCUT2D eigenvalue weighted by Gasteiger charge is 2.47. The van der Waals surface area contributed by atoms with E-state index in [2.05, 4.69) is 13.8 Å². The molecule has 0 radical (unpaired) electrons. The zero-order valence-electron chi connectivity index (χ0n) is 23.9. The standard InChI is InChI=1S/C33H37NO6/c1-7-38-26-12-9-11-25(18-26)34-30(23-10-8-13-27(17-23)40-21(4)5)29(32(36)33(34)37)31(35)24-14-15-28(22(6)16-24)39-19-20(2)3/h8-18,20-21,30,35H,7,19H2,1-6H3/b31-29+. The largest absolute Gasteiger partial charge is 0.507 e. The third-order valence-corrected chi connectivity index (χ3v) is 6.42. The van der Waals surface area contributed by atoms with Crippen molar-refractivity contribution < 1.29 is 28.9 Å². The first-order chi connectivity index (χ1) is 19.1. The van der Waals surface area contributed by atoms with Crippen LogP contribution in [0, 0.1) is 12.8 Å². The normalized spacial score (nSPS) is 16.6. The molecule has 1 atom stereocenters. The third-order valence-electron chi connectivity index (χ3n) is 6.42. The number of ketones is 1. The lowest BCUT2D eigenvalue weighted by Crippen LogP contribution is -2.29. The summed E-state index contributed by atoms with van der Waals surface area (Å²) in [5, 5.41) is 11.6. The van der Waals surface area contributed by atoms with Crippen molar-refractivity contribution in [3.8, 4) is 17.2 Å². The van der Waals surface area contributed by atoms with Gasteiger partial charge in [0.2, 0.25) is 0 Å². The van der Waals surface area contributed by atoms with E-state index in [1.54, 1.807) is 48.5 Å². The number of rotatable bonds is 10. The Morgan fingerprint density at radius 1 is 0.925 bits per heavy atom. The van der Waals surface area contributed by atoms with Crippen LogP contribution in [0.1, 0.15) is 57.4 Å². The van der Waals surface area contributed by atoms with Crippen LogP contribution in [-0.2, 0) is 9.59 Å². The Morgan fingerprint density at radius 3 is 2.33 bits per heavy atom. The maximum Gasteiger partial charge on any atom is 0.300 e. The molecular weight excluding hydrogens is 506 g/mol. The average molecular weight is 544 g/mol. The monoisotopic (exact) mass is 543 g/mol. The number of Topliss-reactive ketones (excluding diaryl/α,β-unsaturated/α-hetero) is 1. The molecule has 3 aromatic carbocycles. The van der Waals surface area contributed by atoms with Crippen molar-refractivity contribution >= 4 is 23.1 Å². The Hall–Kier alpha value is -4.26. The number of ether oxygens (including phenoxy) is 3. The van der Waals surface area contributed by atoms with Gasteiger partial charge in [0.25, 0.3) is 11.7 Å². The molecule has 1 heterocycles. The first-order valence-corrected chi connectivity index (χ1v) is 13.6. The molecule has 3 aromatic rings. The molecule has 1 unspecified atom stereocenters. The summed E-state index contributed by atoms with van der Waals surface area (Å²) in [4.78, 5) is 28.6. The second-order valence-corrected chi connectivity index (χ2v) is 10.5. The van der Waals surface area contributed by atoms with Crippen LogP contribution in [0.25, 0.3) is 5.76 Å². The van der Waals surface area contributed by atoms with E-state index in [1.807, 2.05) is 45.9 Å². The fourth-order valence-corrected chi connectivity index (χ4v) is 4.70. The van der Waals surface area contributed by atoms with Gasteiger partial charge < -0.3 is 19.3 Å². The molecule has 1 saturated heterocycles. The second kappa shape index (κ2) is 12.3. The minimum Gasteiger partial charge on any atom is -0.507 e. The fourth-order valence-electron chi connectivity index (χ4n) is 4.70. The number of nitrogens with zero attached hydrogens (tertiary/aromatic N) is 1. The van der Waals surface area contributed by atoms with E-state index in [9.17, 15) is 14.7 Å². The van der Waals surface area contributed by atoms with Crippen LogP contribution in [0.3, 0.4) is 0 Å². The Morgan fingerprint density at radius 2 is 1.65 bits per heavy atom. The van der Waals surface area contributed by atoms with Crippen LogP contribution in [0.5, 0.6) is 17.2 Å². The topological polar surface area (TPSA) is 85.3 Å². The number of amides is 1. The lowest BCUT2D eigenvalue weighted by atomic mass is 9.94. The second-order valence-electron chi connectivity index (χ2n) is 10.5. The van der Waals surface area contributed by atoms with Crippen molar-refractivity contribution in [2.45, 2.75) is 53.7 Å². The van der Waals surface area contributed by atoms with Crippen LogP contribution in [0.15, 0.2) is 72.3 Å². The molecule has 210 valence electrons. The molecule has 0 spiro atoms. The van der Waals surface area contributed by atoms with Crippen LogP contribution in [0.4, 0.5) is 5.69 Å². The number of anilines is 1. The van der Waals surface area contributed by atoms with E-state index in [-0.39, 0.29) is 17.4 Å². The van der Waals surface area contributed by atoms with E-state index in [4.69, 9.17) is 14.2 Å². The van der Waals surface area contributed by atoms with Gasteiger partial charge in [0, 0.05) is 17.3 Å². The van der Waals surface area contributed by atoms with Gasteiger partial charge in [0.05, 0.1) is 30.9 Å². The molecule has 40 heavy (non-hydrogen) atoms. The summed E-state index contributed by atoms with van der Waals surface area (Å²) in [7, 11) is 0. The van der Waals surface area contributed by atoms with Gasteiger partial charge in [-0.1, -0.05) is 32.0 Å². The molecule has 0 saturated carbocycles. The van der Waals surface area contributed by atoms with Gasteiger partial charge in [-0.15, -0.1) is 0 Å². The predicted molar refractivity (Wildman–Crippen MR) is 156 cm³/mol. The Labute approximate surface area is 236 Å². The Balaban J connectivity index is 1.87. The van der Waals surface area contributed by atoms with Crippen LogP contribution in [-0.4, -0.2) is 36.1 Å². The molecule has 1 fully saturated rings. The van der Waals surface area contributed by atoms with Gasteiger partial charge in [-0.2, -0.15) is 0 Å². The number of aliphatic hydroxyl groups excluding tert-OH is 1. The summed E-state index contributed by atoms with van der Waals surface area (Å²) in [5.74, 6) is 0.490. The number of carbonyl (C=O) groups excluding carboxylic acids is 2. The minimum absolute atomic E-state index is 0.00348. The average Bonchev–Trinajstić information content (AvgIpc) is 3.17. The van der Waals surface area contributed by atoms with E-state index in [0.29, 0.717) is 53.2 Å². The molecule has 1 amide bonds. The van der Waals surface area contributed by atoms with Crippen molar-refractivity contribution in [3.05, 3.63) is 89.0 Å². The number of benzene rings is 3. The van der Waals surface area contributed by atoms with Crippen molar-refractivity contribution in [1.82, 2.24) is 0 Å². The maximum atomic E-state index is 13.6. The zero-order chi connectivity index (χ0) is 29.0. The molecule has 0 aliphatic carbocycles. The fraction of sp³-hybridized carbons (Fsp3) is 0.333. The number of hydrogen-bond donors (Lipinski definition) is 1. The molecule has 4 rings (SSSR count). The molecule has 1 N–H and O–H groups in total. The van der Waals surface area contributed by atoms with Gasteiger partial charge in [-0.3, -0.25) is 14.5 Å².